The third-order valence-electron chi connectivity index (χ3n) is 4.04. The molecule has 120 valence electrons. The van der Waals surface area contributed by atoms with Gasteiger partial charge in [-0.3, -0.25) is 0 Å². The third kappa shape index (κ3) is 4.68. The van der Waals surface area contributed by atoms with Crippen LogP contribution in [0.25, 0.3) is 0 Å². The van der Waals surface area contributed by atoms with Crippen molar-refractivity contribution >= 4 is 16.5 Å². The molecule has 0 atom stereocenters. The summed E-state index contributed by atoms with van der Waals surface area (Å²) in [5.41, 5.74) is 1.76. The quantitative estimate of drug-likeness (QED) is 0.822. The second kappa shape index (κ2) is 7.10. The van der Waals surface area contributed by atoms with Gasteiger partial charge in [-0.15, -0.1) is 11.3 Å². The van der Waals surface area contributed by atoms with Crippen molar-refractivity contribution in [2.24, 2.45) is 11.3 Å². The Morgan fingerprint density at radius 3 is 2.71 bits per heavy atom. The number of nitrogens with one attached hydrogen (secondary N) is 1. The van der Waals surface area contributed by atoms with E-state index < -0.39 is 0 Å². The second-order valence-electron chi connectivity index (χ2n) is 7.48. The minimum atomic E-state index is 0.437. The smallest absolute Gasteiger partial charge is 0.185 e. The van der Waals surface area contributed by atoms with E-state index in [1.54, 1.807) is 0 Å². The van der Waals surface area contributed by atoms with Gasteiger partial charge in [-0.1, -0.05) is 41.0 Å². The molecule has 0 bridgehead atoms. The Kier molecular flexibility index (Phi) is 5.67. The van der Waals surface area contributed by atoms with Crippen LogP contribution in [0.5, 0.6) is 0 Å². The predicted octanol–water partition coefficient (Wildman–Crippen LogP) is 4.08. The normalized spacial score (nSPS) is 17.9. The van der Waals surface area contributed by atoms with Gasteiger partial charge in [0.15, 0.2) is 5.13 Å². The molecule has 0 saturated carbocycles. The first-order chi connectivity index (χ1) is 9.91. The number of hydrogen-bond donors (Lipinski definition) is 1. The fraction of sp³-hybridized carbons (Fsp3) is 0.824. The summed E-state index contributed by atoms with van der Waals surface area (Å²) in [5.74, 6) is 0.700. The maximum absolute atomic E-state index is 4.95. The first kappa shape index (κ1) is 16.8. The number of rotatable bonds is 7. The summed E-state index contributed by atoms with van der Waals surface area (Å²) < 4.78 is 0. The summed E-state index contributed by atoms with van der Waals surface area (Å²) in [6.45, 7) is 15.8. The lowest BCUT2D eigenvalue weighted by Gasteiger charge is -2.18. The molecule has 1 aliphatic heterocycles. The van der Waals surface area contributed by atoms with Crippen LogP contribution in [0.1, 0.15) is 58.0 Å². The van der Waals surface area contributed by atoms with Gasteiger partial charge in [-0.05, 0) is 30.7 Å². The van der Waals surface area contributed by atoms with Crippen LogP contribution in [-0.4, -0.2) is 24.6 Å². The summed E-state index contributed by atoms with van der Waals surface area (Å²) in [6.07, 6.45) is 3.55. The predicted molar refractivity (Wildman–Crippen MR) is 93.3 cm³/mol. The van der Waals surface area contributed by atoms with Crippen molar-refractivity contribution in [3.05, 3.63) is 10.6 Å². The van der Waals surface area contributed by atoms with Gasteiger partial charge in [-0.25, -0.2) is 4.98 Å². The molecule has 0 amide bonds. The molecule has 0 radical (unpaired) electrons. The van der Waals surface area contributed by atoms with Crippen LogP contribution in [-0.2, 0) is 13.0 Å². The summed E-state index contributed by atoms with van der Waals surface area (Å²) in [7, 11) is 0. The zero-order chi connectivity index (χ0) is 15.5. The minimum Gasteiger partial charge on any atom is -0.348 e. The molecule has 0 aliphatic carbocycles. The van der Waals surface area contributed by atoms with Gasteiger partial charge < -0.3 is 10.2 Å². The number of thiazole rings is 1. The molecule has 4 heteroatoms. The fourth-order valence-electron chi connectivity index (χ4n) is 2.83. The average molecular weight is 310 g/mol. The summed E-state index contributed by atoms with van der Waals surface area (Å²) >= 11 is 1.90. The Labute approximate surface area is 134 Å². The standard InChI is InChI=1S/C17H31N3S/c1-6-7-14-15(11-18-10-13(2)3)21-16(19-14)20-9-8-17(4,5)12-20/h13,18H,6-12H2,1-5H3. The zero-order valence-corrected chi connectivity index (χ0v) is 15.1. The Balaban J connectivity index is 2.05. The van der Waals surface area contributed by atoms with E-state index >= 15 is 0 Å². The van der Waals surface area contributed by atoms with Crippen molar-refractivity contribution in [1.29, 1.82) is 0 Å². The highest BCUT2D eigenvalue weighted by Gasteiger charge is 2.31. The molecule has 1 aliphatic rings. The number of nitrogens with zero attached hydrogens (tertiary/aromatic N) is 2. The maximum Gasteiger partial charge on any atom is 0.185 e. The van der Waals surface area contributed by atoms with Crippen LogP contribution in [0.3, 0.4) is 0 Å². The molecule has 2 rings (SSSR count). The van der Waals surface area contributed by atoms with Gasteiger partial charge in [0.2, 0.25) is 0 Å². The molecule has 1 aromatic rings. The highest BCUT2D eigenvalue weighted by Crippen LogP contribution is 2.35. The summed E-state index contributed by atoms with van der Waals surface area (Å²) in [6, 6.07) is 0. The van der Waals surface area contributed by atoms with Crippen molar-refractivity contribution < 1.29 is 0 Å². The van der Waals surface area contributed by atoms with Crippen molar-refractivity contribution in [1.82, 2.24) is 10.3 Å². The average Bonchev–Trinajstić information content (AvgIpc) is 2.94. The molecule has 2 heterocycles. The Morgan fingerprint density at radius 2 is 2.14 bits per heavy atom. The Bertz CT molecular complexity index is 451. The molecule has 1 fully saturated rings. The van der Waals surface area contributed by atoms with E-state index in [0.29, 0.717) is 11.3 Å². The van der Waals surface area contributed by atoms with Gasteiger partial charge in [0.05, 0.1) is 5.69 Å². The van der Waals surface area contributed by atoms with Gasteiger partial charge in [0.25, 0.3) is 0 Å². The molecule has 1 N–H and O–H groups in total. The van der Waals surface area contributed by atoms with E-state index in [2.05, 4.69) is 44.8 Å². The van der Waals surface area contributed by atoms with Gasteiger partial charge in [0.1, 0.15) is 0 Å². The Hall–Kier alpha value is -0.610. The van der Waals surface area contributed by atoms with Crippen LogP contribution in [0, 0.1) is 11.3 Å². The summed E-state index contributed by atoms with van der Waals surface area (Å²) in [4.78, 5) is 8.87. The van der Waals surface area contributed by atoms with E-state index in [0.717, 1.165) is 32.6 Å². The van der Waals surface area contributed by atoms with Crippen molar-refractivity contribution in [3.63, 3.8) is 0 Å². The van der Waals surface area contributed by atoms with E-state index in [9.17, 15) is 0 Å². The van der Waals surface area contributed by atoms with Crippen LogP contribution < -0.4 is 10.2 Å². The van der Waals surface area contributed by atoms with E-state index in [1.807, 2.05) is 11.3 Å². The maximum atomic E-state index is 4.95. The SMILES string of the molecule is CCCc1nc(N2CCC(C)(C)C2)sc1CNCC(C)C. The second-order valence-corrected chi connectivity index (χ2v) is 8.54. The number of anilines is 1. The molecule has 0 aromatic carbocycles. The van der Waals surface area contributed by atoms with Gasteiger partial charge >= 0.3 is 0 Å². The highest BCUT2D eigenvalue weighted by molar-refractivity contribution is 7.15. The lowest BCUT2D eigenvalue weighted by atomic mass is 9.93. The highest BCUT2D eigenvalue weighted by atomic mass is 32.1. The first-order valence-corrected chi connectivity index (χ1v) is 9.17. The molecule has 21 heavy (non-hydrogen) atoms. The van der Waals surface area contributed by atoms with Crippen LogP contribution in [0.4, 0.5) is 5.13 Å². The van der Waals surface area contributed by atoms with Gasteiger partial charge in [0, 0.05) is 24.5 Å². The van der Waals surface area contributed by atoms with Crippen molar-refractivity contribution in [2.75, 3.05) is 24.5 Å². The lowest BCUT2D eigenvalue weighted by Crippen LogP contribution is -2.22. The molecule has 1 aromatic heterocycles. The van der Waals surface area contributed by atoms with Gasteiger partial charge in [-0.2, -0.15) is 0 Å². The molecule has 3 nitrogen and oxygen atoms in total. The first-order valence-electron chi connectivity index (χ1n) is 8.35. The van der Waals surface area contributed by atoms with E-state index in [4.69, 9.17) is 4.98 Å². The van der Waals surface area contributed by atoms with Crippen molar-refractivity contribution in [2.45, 2.75) is 60.4 Å². The van der Waals surface area contributed by atoms with Crippen molar-refractivity contribution in [3.8, 4) is 0 Å². The number of hydrogen-bond acceptors (Lipinski definition) is 4. The third-order valence-corrected chi connectivity index (χ3v) is 5.20. The zero-order valence-electron chi connectivity index (χ0n) is 14.3. The Morgan fingerprint density at radius 1 is 1.38 bits per heavy atom. The van der Waals surface area contributed by atoms with Crippen LogP contribution >= 0.6 is 11.3 Å². The number of aryl methyl sites for hydroxylation is 1. The van der Waals surface area contributed by atoms with E-state index in [-0.39, 0.29) is 0 Å². The van der Waals surface area contributed by atoms with Crippen LogP contribution in [0.15, 0.2) is 0 Å². The molecular formula is C17H31N3S. The summed E-state index contributed by atoms with van der Waals surface area (Å²) in [5, 5.41) is 4.81. The number of aromatic nitrogens is 1. The van der Waals surface area contributed by atoms with E-state index in [1.165, 1.54) is 28.5 Å². The molecule has 0 spiro atoms. The minimum absolute atomic E-state index is 0.437. The largest absolute Gasteiger partial charge is 0.348 e. The molecule has 0 unspecified atom stereocenters. The monoisotopic (exact) mass is 309 g/mol. The molecular weight excluding hydrogens is 278 g/mol. The molecule has 1 saturated heterocycles. The lowest BCUT2D eigenvalue weighted by molar-refractivity contribution is 0.418. The fourth-order valence-corrected chi connectivity index (χ4v) is 3.93. The topological polar surface area (TPSA) is 28.2 Å². The van der Waals surface area contributed by atoms with Crippen LogP contribution in [0.2, 0.25) is 0 Å².